The highest BCUT2D eigenvalue weighted by atomic mass is 16.5. The fraction of sp³-hybridized carbons (Fsp3) is 0.333. The molecule has 40 heavy (non-hydrogen) atoms. The van der Waals surface area contributed by atoms with Crippen LogP contribution in [0.4, 0.5) is 10.5 Å². The number of carbonyl (C=O) groups excluding carboxylic acids is 4. The standard InChI is InChI=1S/C30H30N2O8/c1-13(2)12-40-30(39)32-17-5-3-14(4-6-17)18-7-8-20(33)24-19(18)10-15-9-16-11-21(34)25(29(31)38)28(37)23(16)26(35)22(15)27(24)36/h3-8,13,15-16,23,33,36-37H,9-12H2,1-2H3,(H2,31,38)(H,32,39)/t15?,16-,23?/m0/s1. The van der Waals surface area contributed by atoms with Crippen LogP contribution in [0.5, 0.6) is 5.75 Å². The largest absolute Gasteiger partial charge is 0.511 e. The third-order valence-corrected chi connectivity index (χ3v) is 7.76. The maximum Gasteiger partial charge on any atom is 0.411 e. The van der Waals surface area contributed by atoms with Crippen molar-refractivity contribution in [2.45, 2.75) is 33.1 Å². The van der Waals surface area contributed by atoms with Crippen molar-refractivity contribution in [2.24, 2.45) is 29.4 Å². The van der Waals surface area contributed by atoms with Crippen molar-refractivity contribution in [1.82, 2.24) is 0 Å². The van der Waals surface area contributed by atoms with E-state index >= 15 is 0 Å². The summed E-state index contributed by atoms with van der Waals surface area (Å²) in [6, 6.07) is 10.1. The molecule has 0 bridgehead atoms. The Morgan fingerprint density at radius 3 is 2.40 bits per heavy atom. The monoisotopic (exact) mass is 546 g/mol. The van der Waals surface area contributed by atoms with E-state index in [0.29, 0.717) is 30.7 Å². The molecule has 0 saturated heterocycles. The number of ether oxygens (including phenoxy) is 1. The number of ketones is 2. The van der Waals surface area contributed by atoms with Gasteiger partial charge >= 0.3 is 6.09 Å². The number of benzene rings is 2. The highest BCUT2D eigenvalue weighted by Crippen LogP contribution is 2.51. The lowest BCUT2D eigenvalue weighted by Gasteiger charge is -2.41. The van der Waals surface area contributed by atoms with Gasteiger partial charge in [0.25, 0.3) is 5.91 Å². The quantitative estimate of drug-likeness (QED) is 0.347. The number of Topliss-reactive ketones (excluding diaryl/α,β-unsaturated/α-hetero) is 2. The molecular weight excluding hydrogens is 516 g/mol. The summed E-state index contributed by atoms with van der Waals surface area (Å²) in [7, 11) is 0. The van der Waals surface area contributed by atoms with Crippen LogP contribution < -0.4 is 11.1 Å². The van der Waals surface area contributed by atoms with E-state index in [0.717, 1.165) is 11.1 Å². The average molecular weight is 547 g/mol. The number of carbonyl (C=O) groups is 4. The summed E-state index contributed by atoms with van der Waals surface area (Å²) in [5.74, 6) is -5.50. The van der Waals surface area contributed by atoms with Crippen LogP contribution in [0.3, 0.4) is 0 Å². The molecule has 3 aliphatic carbocycles. The van der Waals surface area contributed by atoms with E-state index in [2.05, 4.69) is 5.32 Å². The van der Waals surface area contributed by atoms with E-state index in [1.54, 1.807) is 30.3 Å². The second-order valence-electron chi connectivity index (χ2n) is 10.9. The number of rotatable bonds is 5. The second-order valence-corrected chi connectivity index (χ2v) is 10.9. The van der Waals surface area contributed by atoms with Crippen LogP contribution in [0, 0.1) is 23.7 Å². The van der Waals surface area contributed by atoms with Gasteiger partial charge in [0.05, 0.1) is 18.1 Å². The Morgan fingerprint density at radius 1 is 1.05 bits per heavy atom. The van der Waals surface area contributed by atoms with E-state index in [1.165, 1.54) is 6.07 Å². The zero-order valence-electron chi connectivity index (χ0n) is 22.1. The van der Waals surface area contributed by atoms with Crippen molar-refractivity contribution in [3.63, 3.8) is 0 Å². The molecule has 5 rings (SSSR count). The van der Waals surface area contributed by atoms with Crippen molar-refractivity contribution in [1.29, 1.82) is 0 Å². The Balaban J connectivity index is 1.49. The fourth-order valence-corrected chi connectivity index (χ4v) is 6.04. The molecule has 3 aliphatic rings. The number of nitrogens with one attached hydrogen (secondary N) is 1. The molecule has 0 spiro atoms. The van der Waals surface area contributed by atoms with E-state index in [-0.39, 0.29) is 35.0 Å². The third-order valence-electron chi connectivity index (χ3n) is 7.76. The average Bonchev–Trinajstić information content (AvgIpc) is 2.87. The number of aromatic hydroxyl groups is 1. The summed E-state index contributed by atoms with van der Waals surface area (Å²) in [5.41, 5.74) is 7.54. The molecule has 0 radical (unpaired) electrons. The first-order chi connectivity index (χ1) is 19.0. The number of hydrogen-bond donors (Lipinski definition) is 5. The Hall–Kier alpha value is -4.60. The number of anilines is 1. The number of fused-ring (bicyclic) bond motifs is 3. The van der Waals surface area contributed by atoms with Gasteiger partial charge in [0.1, 0.15) is 22.8 Å². The first kappa shape index (κ1) is 27.0. The van der Waals surface area contributed by atoms with Gasteiger partial charge in [0.2, 0.25) is 0 Å². The van der Waals surface area contributed by atoms with Crippen LogP contribution in [-0.4, -0.2) is 45.5 Å². The minimum absolute atomic E-state index is 0.0605. The maximum atomic E-state index is 13.6. The van der Waals surface area contributed by atoms with Gasteiger partial charge in [-0.25, -0.2) is 4.79 Å². The zero-order valence-corrected chi connectivity index (χ0v) is 22.1. The summed E-state index contributed by atoms with van der Waals surface area (Å²) in [6.45, 7) is 4.17. The van der Waals surface area contributed by atoms with E-state index in [9.17, 15) is 34.5 Å². The molecule has 2 unspecified atom stereocenters. The predicted octanol–water partition coefficient (Wildman–Crippen LogP) is 4.18. The van der Waals surface area contributed by atoms with Crippen molar-refractivity contribution in [2.75, 3.05) is 11.9 Å². The molecule has 2 aromatic carbocycles. The molecule has 6 N–H and O–H groups in total. The van der Waals surface area contributed by atoms with Gasteiger partial charge in [-0.15, -0.1) is 0 Å². The number of amides is 2. The van der Waals surface area contributed by atoms with Crippen LogP contribution in [0.2, 0.25) is 0 Å². The van der Waals surface area contributed by atoms with Crippen LogP contribution in [0.25, 0.3) is 16.9 Å². The van der Waals surface area contributed by atoms with Gasteiger partial charge in [-0.1, -0.05) is 32.0 Å². The van der Waals surface area contributed by atoms with Crippen LogP contribution >= 0.6 is 0 Å². The molecule has 0 aliphatic heterocycles. The smallest absolute Gasteiger partial charge is 0.411 e. The van der Waals surface area contributed by atoms with Crippen molar-refractivity contribution < 1.29 is 39.2 Å². The Bertz CT molecular complexity index is 1500. The lowest BCUT2D eigenvalue weighted by atomic mass is 9.61. The normalized spacial score (nSPS) is 22.0. The Kier molecular flexibility index (Phi) is 6.87. The first-order valence-corrected chi connectivity index (χ1v) is 13.1. The summed E-state index contributed by atoms with van der Waals surface area (Å²) in [5, 5.41) is 35.4. The van der Waals surface area contributed by atoms with Gasteiger partial charge in [-0.2, -0.15) is 0 Å². The molecule has 1 fully saturated rings. The van der Waals surface area contributed by atoms with E-state index in [4.69, 9.17) is 10.5 Å². The number of aliphatic hydroxyl groups excluding tert-OH is 2. The molecule has 10 nitrogen and oxygen atoms in total. The number of primary amides is 1. The van der Waals surface area contributed by atoms with Gasteiger partial charge < -0.3 is 25.8 Å². The number of hydrogen-bond acceptors (Lipinski definition) is 8. The molecule has 208 valence electrons. The zero-order chi connectivity index (χ0) is 28.9. The number of phenols is 1. The Morgan fingerprint density at radius 2 is 1.75 bits per heavy atom. The second kappa shape index (κ2) is 10.2. The van der Waals surface area contributed by atoms with E-state index in [1.807, 2.05) is 13.8 Å². The summed E-state index contributed by atoms with van der Waals surface area (Å²) >= 11 is 0. The molecule has 0 heterocycles. The number of aliphatic hydroxyl groups is 2. The van der Waals surface area contributed by atoms with Crippen molar-refractivity contribution >= 4 is 35.0 Å². The summed E-state index contributed by atoms with van der Waals surface area (Å²) in [4.78, 5) is 49.9. The van der Waals surface area contributed by atoms with E-state index < -0.39 is 52.7 Å². The maximum absolute atomic E-state index is 13.6. The molecule has 0 aromatic heterocycles. The lowest BCUT2D eigenvalue weighted by Crippen LogP contribution is -2.44. The topological polar surface area (TPSA) is 176 Å². The first-order valence-electron chi connectivity index (χ1n) is 13.1. The molecule has 2 amide bonds. The summed E-state index contributed by atoms with van der Waals surface area (Å²) in [6.07, 6.45) is -0.0580. The molecule has 1 saturated carbocycles. The van der Waals surface area contributed by atoms with Crippen molar-refractivity contribution in [3.8, 4) is 16.9 Å². The molecular formula is C30H30N2O8. The van der Waals surface area contributed by atoms with Crippen LogP contribution in [-0.2, 0) is 25.5 Å². The van der Waals surface area contributed by atoms with Gasteiger partial charge in [0.15, 0.2) is 11.6 Å². The van der Waals surface area contributed by atoms with Crippen molar-refractivity contribution in [3.05, 3.63) is 64.4 Å². The minimum atomic E-state index is -1.16. The highest BCUT2D eigenvalue weighted by molar-refractivity contribution is 6.21. The third kappa shape index (κ3) is 4.59. The van der Waals surface area contributed by atoms with Gasteiger partial charge in [-0.3, -0.25) is 19.7 Å². The summed E-state index contributed by atoms with van der Waals surface area (Å²) < 4.78 is 5.15. The van der Waals surface area contributed by atoms with Crippen LogP contribution in [0.15, 0.2) is 53.3 Å². The van der Waals surface area contributed by atoms with Gasteiger partial charge in [-0.05, 0) is 65.5 Å². The fourth-order valence-electron chi connectivity index (χ4n) is 6.04. The minimum Gasteiger partial charge on any atom is -0.511 e. The predicted molar refractivity (Wildman–Crippen MR) is 145 cm³/mol. The number of nitrogens with two attached hydrogens (primary N) is 1. The SMILES string of the molecule is CC(C)COC(=O)Nc1ccc(-c2ccc(O)c3c2CC2C[C@H]4CC(=O)C(C(N)=O)=C(O)C4C(=O)C2=C3O)cc1. The van der Waals surface area contributed by atoms with Gasteiger partial charge in [0, 0.05) is 17.7 Å². The van der Waals surface area contributed by atoms with Crippen LogP contribution in [0.1, 0.15) is 37.8 Å². The number of allylic oxidation sites excluding steroid dienone is 2. The lowest BCUT2D eigenvalue weighted by molar-refractivity contribution is -0.127. The molecule has 3 atom stereocenters. The molecule has 2 aromatic rings. The molecule has 10 heteroatoms. The highest BCUT2D eigenvalue weighted by Gasteiger charge is 2.51. The number of phenolic OH excluding ortho intramolecular Hbond substituents is 1. The Labute approximate surface area is 230 Å².